The third kappa shape index (κ3) is 6.05. The molecule has 0 bridgehead atoms. The van der Waals surface area contributed by atoms with Gasteiger partial charge in [0.25, 0.3) is 0 Å². The van der Waals surface area contributed by atoms with Gasteiger partial charge >= 0.3 is 0 Å². The van der Waals surface area contributed by atoms with Crippen molar-refractivity contribution in [2.45, 2.75) is 44.6 Å². The van der Waals surface area contributed by atoms with Crippen LogP contribution in [-0.2, 0) is 4.79 Å². The molecule has 8 heteroatoms. The molecule has 1 amide bonds. The third-order valence-corrected chi connectivity index (χ3v) is 5.56. The highest BCUT2D eigenvalue weighted by molar-refractivity contribution is 5.81. The number of nitrogens with zero attached hydrogens (tertiary/aromatic N) is 2. The third-order valence-electron chi connectivity index (χ3n) is 5.56. The zero-order valence-corrected chi connectivity index (χ0v) is 16.9. The van der Waals surface area contributed by atoms with Crippen LogP contribution >= 0.6 is 0 Å². The van der Waals surface area contributed by atoms with E-state index in [4.69, 9.17) is 4.74 Å². The van der Waals surface area contributed by atoms with Crippen LogP contribution in [0.15, 0.2) is 23.2 Å². The topological polar surface area (TPSA) is 66.0 Å². The summed E-state index contributed by atoms with van der Waals surface area (Å²) in [5.41, 5.74) is 0. The molecule has 1 unspecified atom stereocenters. The summed E-state index contributed by atoms with van der Waals surface area (Å²) in [6.07, 6.45) is 6.49. The number of guanidine groups is 1. The fourth-order valence-electron chi connectivity index (χ4n) is 4.00. The van der Waals surface area contributed by atoms with Gasteiger partial charge in [0, 0.05) is 38.2 Å². The van der Waals surface area contributed by atoms with Crippen molar-refractivity contribution in [2.75, 3.05) is 33.3 Å². The van der Waals surface area contributed by atoms with Crippen LogP contribution in [0, 0.1) is 17.6 Å². The number of ether oxygens (including phenoxy) is 1. The smallest absolute Gasteiger partial charge is 0.225 e. The minimum atomic E-state index is -0.721. The van der Waals surface area contributed by atoms with Gasteiger partial charge in [0.15, 0.2) is 17.5 Å². The Hall–Kier alpha value is -2.38. The van der Waals surface area contributed by atoms with E-state index in [1.54, 1.807) is 7.05 Å². The summed E-state index contributed by atoms with van der Waals surface area (Å²) in [4.78, 5) is 18.8. The first-order valence-corrected chi connectivity index (χ1v) is 10.4. The number of aliphatic imine (C=N–C) groups is 1. The van der Waals surface area contributed by atoms with E-state index < -0.39 is 11.6 Å². The van der Waals surface area contributed by atoms with E-state index in [0.29, 0.717) is 25.0 Å². The van der Waals surface area contributed by atoms with Gasteiger partial charge in [0.05, 0.1) is 6.54 Å². The number of rotatable bonds is 6. The molecule has 1 heterocycles. The number of hydrogen-bond acceptors (Lipinski definition) is 3. The Kier molecular flexibility index (Phi) is 7.66. The largest absolute Gasteiger partial charge is 0.489 e. The second-order valence-electron chi connectivity index (χ2n) is 7.67. The summed E-state index contributed by atoms with van der Waals surface area (Å²) >= 11 is 0. The number of likely N-dealkylation sites (tertiary alicyclic amines) is 1. The van der Waals surface area contributed by atoms with Gasteiger partial charge in [-0.1, -0.05) is 19.3 Å². The molecule has 160 valence electrons. The summed E-state index contributed by atoms with van der Waals surface area (Å²) in [7, 11) is 1.68. The quantitative estimate of drug-likeness (QED) is 0.432. The summed E-state index contributed by atoms with van der Waals surface area (Å²) < 4.78 is 31.8. The lowest BCUT2D eigenvalue weighted by Crippen LogP contribution is -2.46. The van der Waals surface area contributed by atoms with Gasteiger partial charge < -0.3 is 20.3 Å². The van der Waals surface area contributed by atoms with Crippen LogP contribution in [0.4, 0.5) is 8.78 Å². The SMILES string of the molecule is CN=C(NCCOc1ccc(F)cc1F)NC1CCN(C(=O)C2CCCCC2)C1. The van der Waals surface area contributed by atoms with Crippen LogP contribution in [0.1, 0.15) is 38.5 Å². The molecule has 1 aromatic rings. The molecule has 1 atom stereocenters. The molecule has 1 aromatic carbocycles. The van der Waals surface area contributed by atoms with Crippen molar-refractivity contribution in [1.29, 1.82) is 0 Å². The highest BCUT2D eigenvalue weighted by Gasteiger charge is 2.31. The highest BCUT2D eigenvalue weighted by atomic mass is 19.1. The van der Waals surface area contributed by atoms with Crippen LogP contribution in [0.3, 0.4) is 0 Å². The van der Waals surface area contributed by atoms with Crippen LogP contribution in [0.2, 0.25) is 0 Å². The van der Waals surface area contributed by atoms with Crippen molar-refractivity contribution >= 4 is 11.9 Å². The minimum absolute atomic E-state index is 0.0174. The Morgan fingerprint density at radius 3 is 2.76 bits per heavy atom. The maximum Gasteiger partial charge on any atom is 0.225 e. The monoisotopic (exact) mass is 408 g/mol. The molecule has 2 fully saturated rings. The Morgan fingerprint density at radius 2 is 2.03 bits per heavy atom. The maximum absolute atomic E-state index is 13.6. The molecule has 2 aliphatic rings. The van der Waals surface area contributed by atoms with Crippen LogP contribution < -0.4 is 15.4 Å². The molecule has 29 heavy (non-hydrogen) atoms. The standard InChI is InChI=1S/C21H30F2N4O2/c1-24-21(25-10-12-29-19-8-7-16(22)13-18(19)23)26-17-9-11-27(14-17)20(28)15-5-3-2-4-6-15/h7-8,13,15,17H,2-6,9-12,14H2,1H3,(H2,24,25,26). The highest BCUT2D eigenvalue weighted by Crippen LogP contribution is 2.26. The van der Waals surface area contributed by atoms with E-state index in [1.165, 1.54) is 12.5 Å². The molecule has 6 nitrogen and oxygen atoms in total. The molecule has 1 saturated carbocycles. The molecule has 0 aromatic heterocycles. The minimum Gasteiger partial charge on any atom is -0.489 e. The molecule has 1 saturated heterocycles. The number of hydrogen-bond donors (Lipinski definition) is 2. The fourth-order valence-corrected chi connectivity index (χ4v) is 4.00. The summed E-state index contributed by atoms with van der Waals surface area (Å²) in [6, 6.07) is 3.38. The van der Waals surface area contributed by atoms with Crippen LogP contribution in [-0.4, -0.2) is 56.1 Å². The van der Waals surface area contributed by atoms with Crippen molar-refractivity contribution in [3.63, 3.8) is 0 Å². The number of amides is 1. The van der Waals surface area contributed by atoms with E-state index in [1.807, 2.05) is 4.90 Å². The van der Waals surface area contributed by atoms with Crippen LogP contribution in [0.5, 0.6) is 5.75 Å². The van der Waals surface area contributed by atoms with Gasteiger partial charge in [-0.3, -0.25) is 9.79 Å². The van der Waals surface area contributed by atoms with E-state index in [-0.39, 0.29) is 24.3 Å². The van der Waals surface area contributed by atoms with Gasteiger partial charge in [0.1, 0.15) is 12.4 Å². The molecule has 2 N–H and O–H groups in total. The average Bonchev–Trinajstić information content (AvgIpc) is 3.20. The Balaban J connectivity index is 1.38. The van der Waals surface area contributed by atoms with E-state index in [9.17, 15) is 13.6 Å². The molecule has 3 rings (SSSR count). The summed E-state index contributed by atoms with van der Waals surface area (Å²) in [5, 5.41) is 6.46. The zero-order valence-electron chi connectivity index (χ0n) is 16.9. The second kappa shape index (κ2) is 10.4. The van der Waals surface area contributed by atoms with E-state index >= 15 is 0 Å². The Labute approximate surface area is 170 Å². The summed E-state index contributed by atoms with van der Waals surface area (Å²) in [6.45, 7) is 2.08. The van der Waals surface area contributed by atoms with Crippen molar-refractivity contribution in [1.82, 2.24) is 15.5 Å². The van der Waals surface area contributed by atoms with Crippen LogP contribution in [0.25, 0.3) is 0 Å². The van der Waals surface area contributed by atoms with Crippen molar-refractivity contribution in [3.05, 3.63) is 29.8 Å². The normalized spacial score (nSPS) is 20.6. The predicted molar refractivity (Wildman–Crippen MR) is 108 cm³/mol. The molecule has 1 aliphatic carbocycles. The second-order valence-corrected chi connectivity index (χ2v) is 7.67. The first kappa shape index (κ1) is 21.3. The fraction of sp³-hybridized carbons (Fsp3) is 0.619. The molecule has 0 spiro atoms. The molecular formula is C21H30F2N4O2. The maximum atomic E-state index is 13.6. The lowest BCUT2D eigenvalue weighted by molar-refractivity contribution is -0.135. The number of benzene rings is 1. The van der Waals surface area contributed by atoms with Crippen molar-refractivity contribution < 1.29 is 18.3 Å². The number of nitrogens with one attached hydrogen (secondary N) is 2. The van der Waals surface area contributed by atoms with Gasteiger partial charge in [-0.15, -0.1) is 0 Å². The molecule has 0 radical (unpaired) electrons. The predicted octanol–water partition coefficient (Wildman–Crippen LogP) is 2.69. The van der Waals surface area contributed by atoms with Gasteiger partial charge in [0.2, 0.25) is 5.91 Å². The molecule has 1 aliphatic heterocycles. The van der Waals surface area contributed by atoms with Gasteiger partial charge in [-0.2, -0.15) is 0 Å². The van der Waals surface area contributed by atoms with Crippen molar-refractivity contribution in [2.24, 2.45) is 10.9 Å². The first-order valence-electron chi connectivity index (χ1n) is 10.4. The number of carbonyl (C=O) groups excluding carboxylic acids is 1. The molecular weight excluding hydrogens is 378 g/mol. The number of carbonyl (C=O) groups is 1. The van der Waals surface area contributed by atoms with E-state index in [2.05, 4.69) is 15.6 Å². The van der Waals surface area contributed by atoms with Crippen molar-refractivity contribution in [3.8, 4) is 5.75 Å². The Bertz CT molecular complexity index is 723. The van der Waals surface area contributed by atoms with E-state index in [0.717, 1.165) is 50.8 Å². The first-order chi connectivity index (χ1) is 14.1. The van der Waals surface area contributed by atoms with Gasteiger partial charge in [-0.25, -0.2) is 8.78 Å². The zero-order chi connectivity index (χ0) is 20.6. The Morgan fingerprint density at radius 1 is 1.24 bits per heavy atom. The lowest BCUT2D eigenvalue weighted by atomic mass is 9.88. The summed E-state index contributed by atoms with van der Waals surface area (Å²) in [5.74, 6) is -0.226. The lowest BCUT2D eigenvalue weighted by Gasteiger charge is -2.26. The number of halogens is 2. The average molecular weight is 408 g/mol. The van der Waals surface area contributed by atoms with Gasteiger partial charge in [-0.05, 0) is 31.4 Å².